The van der Waals surface area contributed by atoms with Gasteiger partial charge in [0.1, 0.15) is 0 Å². The summed E-state index contributed by atoms with van der Waals surface area (Å²) >= 11 is 5.29. The SMILES string of the molecule is C[C@@H]1CCCC[C@@H]1NC(=S)NN=C1CCCC1. The van der Waals surface area contributed by atoms with Gasteiger partial charge in [0.25, 0.3) is 0 Å². The summed E-state index contributed by atoms with van der Waals surface area (Å²) in [6, 6.07) is 0.535. The number of hydrazone groups is 1. The van der Waals surface area contributed by atoms with Crippen molar-refractivity contribution >= 4 is 23.0 Å². The Hall–Kier alpha value is -0.640. The van der Waals surface area contributed by atoms with Crippen molar-refractivity contribution in [2.45, 2.75) is 64.3 Å². The first-order valence-corrected chi connectivity index (χ1v) is 7.28. The van der Waals surface area contributed by atoms with Gasteiger partial charge in [-0.1, -0.05) is 19.8 Å². The molecule has 0 bridgehead atoms. The van der Waals surface area contributed by atoms with E-state index in [9.17, 15) is 0 Å². The van der Waals surface area contributed by atoms with Crippen molar-refractivity contribution in [3.05, 3.63) is 0 Å². The molecule has 96 valence electrons. The van der Waals surface area contributed by atoms with Crippen LogP contribution < -0.4 is 10.7 Å². The summed E-state index contributed by atoms with van der Waals surface area (Å²) in [4.78, 5) is 0. The maximum atomic E-state index is 5.29. The summed E-state index contributed by atoms with van der Waals surface area (Å²) in [6.07, 6.45) is 10.1. The summed E-state index contributed by atoms with van der Waals surface area (Å²) in [5, 5.41) is 8.48. The zero-order valence-electron chi connectivity index (χ0n) is 10.7. The van der Waals surface area contributed by atoms with Crippen molar-refractivity contribution in [2.75, 3.05) is 0 Å². The Morgan fingerprint density at radius 3 is 2.59 bits per heavy atom. The second-order valence-electron chi connectivity index (χ2n) is 5.34. The average Bonchev–Trinajstić information content (AvgIpc) is 2.82. The fraction of sp³-hybridized carbons (Fsp3) is 0.846. The second kappa shape index (κ2) is 6.34. The molecule has 0 aromatic rings. The Morgan fingerprint density at radius 2 is 1.88 bits per heavy atom. The first-order valence-electron chi connectivity index (χ1n) is 6.87. The molecule has 0 aromatic carbocycles. The van der Waals surface area contributed by atoms with Crippen LogP contribution in [-0.4, -0.2) is 16.9 Å². The fourth-order valence-corrected chi connectivity index (χ4v) is 2.95. The van der Waals surface area contributed by atoms with Crippen LogP contribution >= 0.6 is 12.2 Å². The van der Waals surface area contributed by atoms with Crippen LogP contribution in [-0.2, 0) is 0 Å². The molecule has 2 fully saturated rings. The highest BCUT2D eigenvalue weighted by Gasteiger charge is 2.21. The minimum absolute atomic E-state index is 0.535. The third kappa shape index (κ3) is 3.95. The largest absolute Gasteiger partial charge is 0.358 e. The zero-order valence-corrected chi connectivity index (χ0v) is 11.5. The molecule has 0 radical (unpaired) electrons. The number of nitrogens with zero attached hydrogens (tertiary/aromatic N) is 1. The van der Waals surface area contributed by atoms with Crippen molar-refractivity contribution in [3.63, 3.8) is 0 Å². The molecule has 0 amide bonds. The minimum atomic E-state index is 0.535. The van der Waals surface area contributed by atoms with Gasteiger partial charge in [-0.3, -0.25) is 5.43 Å². The number of hydrogen-bond donors (Lipinski definition) is 2. The smallest absolute Gasteiger partial charge is 0.187 e. The monoisotopic (exact) mass is 253 g/mol. The van der Waals surface area contributed by atoms with Crippen molar-refractivity contribution in [1.82, 2.24) is 10.7 Å². The maximum Gasteiger partial charge on any atom is 0.187 e. The van der Waals surface area contributed by atoms with Crippen LogP contribution in [0.1, 0.15) is 58.3 Å². The van der Waals surface area contributed by atoms with Crippen LogP contribution in [0.2, 0.25) is 0 Å². The Balaban J connectivity index is 1.74. The van der Waals surface area contributed by atoms with E-state index >= 15 is 0 Å². The lowest BCUT2D eigenvalue weighted by Crippen LogP contribution is -2.44. The lowest BCUT2D eigenvalue weighted by atomic mass is 9.86. The van der Waals surface area contributed by atoms with Gasteiger partial charge >= 0.3 is 0 Å². The van der Waals surface area contributed by atoms with Crippen LogP contribution in [0.25, 0.3) is 0 Å². The molecular formula is C13H23N3S. The van der Waals surface area contributed by atoms with Crippen LogP contribution in [0.15, 0.2) is 5.10 Å². The number of rotatable bonds is 2. The molecule has 0 aliphatic heterocycles. The molecule has 4 heteroatoms. The molecule has 0 saturated heterocycles. The van der Waals surface area contributed by atoms with E-state index in [2.05, 4.69) is 22.8 Å². The van der Waals surface area contributed by atoms with Gasteiger partial charge in [0, 0.05) is 11.8 Å². The summed E-state index contributed by atoms with van der Waals surface area (Å²) in [5.74, 6) is 0.725. The molecule has 2 N–H and O–H groups in total. The van der Waals surface area contributed by atoms with E-state index in [-0.39, 0.29) is 0 Å². The van der Waals surface area contributed by atoms with Gasteiger partial charge in [-0.15, -0.1) is 0 Å². The summed E-state index contributed by atoms with van der Waals surface area (Å²) in [7, 11) is 0. The highest BCUT2D eigenvalue weighted by molar-refractivity contribution is 7.80. The van der Waals surface area contributed by atoms with Crippen LogP contribution in [0.5, 0.6) is 0 Å². The molecular weight excluding hydrogens is 230 g/mol. The molecule has 0 aromatic heterocycles. The lowest BCUT2D eigenvalue weighted by Gasteiger charge is -2.30. The Labute approximate surface area is 109 Å². The van der Waals surface area contributed by atoms with Gasteiger partial charge < -0.3 is 5.32 Å². The van der Waals surface area contributed by atoms with E-state index < -0.39 is 0 Å². The van der Waals surface area contributed by atoms with Crippen molar-refractivity contribution < 1.29 is 0 Å². The van der Waals surface area contributed by atoms with Gasteiger partial charge in [-0.25, -0.2) is 0 Å². The molecule has 0 unspecified atom stereocenters. The number of thiocarbonyl (C=S) groups is 1. The van der Waals surface area contributed by atoms with Crippen molar-refractivity contribution in [3.8, 4) is 0 Å². The van der Waals surface area contributed by atoms with Crippen LogP contribution in [0, 0.1) is 5.92 Å². The Morgan fingerprint density at radius 1 is 1.18 bits per heavy atom. The third-order valence-electron chi connectivity index (χ3n) is 3.92. The average molecular weight is 253 g/mol. The molecule has 2 aliphatic carbocycles. The van der Waals surface area contributed by atoms with E-state index in [0.29, 0.717) is 11.2 Å². The Bertz CT molecular complexity index is 293. The molecule has 2 aliphatic rings. The quantitative estimate of drug-likeness (QED) is 0.587. The molecule has 3 nitrogen and oxygen atoms in total. The van der Waals surface area contributed by atoms with Gasteiger partial charge in [0.05, 0.1) is 0 Å². The van der Waals surface area contributed by atoms with E-state index in [1.165, 1.54) is 44.2 Å². The van der Waals surface area contributed by atoms with Gasteiger partial charge in [-0.2, -0.15) is 5.10 Å². The predicted octanol–water partition coefficient (Wildman–Crippen LogP) is 2.96. The third-order valence-corrected chi connectivity index (χ3v) is 4.13. The maximum absolute atomic E-state index is 5.29. The predicted molar refractivity (Wildman–Crippen MR) is 76.2 cm³/mol. The second-order valence-corrected chi connectivity index (χ2v) is 5.75. The molecule has 2 rings (SSSR count). The van der Waals surface area contributed by atoms with Crippen molar-refractivity contribution in [2.24, 2.45) is 11.0 Å². The van der Waals surface area contributed by atoms with E-state index in [1.54, 1.807) is 0 Å². The Kier molecular flexibility index (Phi) is 4.77. The molecule has 0 spiro atoms. The summed E-state index contributed by atoms with van der Waals surface area (Å²) in [6.45, 7) is 2.31. The van der Waals surface area contributed by atoms with E-state index in [0.717, 1.165) is 18.8 Å². The molecule has 17 heavy (non-hydrogen) atoms. The fourth-order valence-electron chi connectivity index (χ4n) is 2.76. The van der Waals surface area contributed by atoms with Crippen LogP contribution in [0.3, 0.4) is 0 Å². The minimum Gasteiger partial charge on any atom is -0.358 e. The number of hydrogen-bond acceptors (Lipinski definition) is 2. The van der Waals surface area contributed by atoms with Crippen LogP contribution in [0.4, 0.5) is 0 Å². The summed E-state index contributed by atoms with van der Waals surface area (Å²) < 4.78 is 0. The van der Waals surface area contributed by atoms with E-state index in [1.807, 2.05) is 0 Å². The topological polar surface area (TPSA) is 36.4 Å². The first-order chi connectivity index (χ1) is 8.25. The van der Waals surface area contributed by atoms with Gasteiger partial charge in [0.2, 0.25) is 0 Å². The normalized spacial score (nSPS) is 28.9. The lowest BCUT2D eigenvalue weighted by molar-refractivity contribution is 0.308. The zero-order chi connectivity index (χ0) is 12.1. The van der Waals surface area contributed by atoms with Gasteiger partial charge in [0.15, 0.2) is 5.11 Å². The highest BCUT2D eigenvalue weighted by atomic mass is 32.1. The van der Waals surface area contributed by atoms with E-state index in [4.69, 9.17) is 12.2 Å². The van der Waals surface area contributed by atoms with Gasteiger partial charge in [-0.05, 0) is 56.7 Å². The molecule has 2 atom stereocenters. The highest BCUT2D eigenvalue weighted by Crippen LogP contribution is 2.23. The number of nitrogens with one attached hydrogen (secondary N) is 2. The molecule has 2 saturated carbocycles. The first kappa shape index (κ1) is 12.8. The summed E-state index contributed by atoms with van der Waals surface area (Å²) in [5.41, 5.74) is 4.27. The van der Waals surface area contributed by atoms with Crippen molar-refractivity contribution in [1.29, 1.82) is 0 Å². The standard InChI is InChI=1S/C13H23N3S/c1-10-6-2-5-9-12(10)14-13(17)16-15-11-7-3-4-8-11/h10,12H,2-9H2,1H3,(H2,14,16,17)/t10-,12+/m1/s1. The molecule has 0 heterocycles.